The van der Waals surface area contributed by atoms with Crippen LogP contribution in [0.15, 0.2) is 10.2 Å². The average molecular weight is 376 g/mol. The van der Waals surface area contributed by atoms with Gasteiger partial charge in [-0.2, -0.15) is 10.2 Å². The molecule has 0 amide bonds. The summed E-state index contributed by atoms with van der Waals surface area (Å²) in [6.45, 7) is 3.35. The highest BCUT2D eigenvalue weighted by Crippen LogP contribution is 1.98. The molecule has 24 heavy (non-hydrogen) atoms. The van der Waals surface area contributed by atoms with Gasteiger partial charge in [0.2, 0.25) is 0 Å². The maximum atomic E-state index is 11.0. The Morgan fingerprint density at radius 3 is 1.96 bits per heavy atom. The van der Waals surface area contributed by atoms with Crippen molar-refractivity contribution in [3.8, 4) is 0 Å². The van der Waals surface area contributed by atoms with Gasteiger partial charge >= 0.3 is 11.9 Å². The molecule has 0 aliphatic carbocycles. The normalized spacial score (nSPS) is 12.8. The first-order valence-electron chi connectivity index (χ1n) is 6.75. The predicted octanol–water partition coefficient (Wildman–Crippen LogP) is -0.386. The number of aliphatic carboxylic acids is 2. The Bertz CT molecular complexity index is 564. The minimum absolute atomic E-state index is 0.0429. The van der Waals surface area contributed by atoms with Crippen molar-refractivity contribution in [2.45, 2.75) is 32.7 Å². The first-order valence-corrected chi connectivity index (χ1v) is 7.56. The second kappa shape index (κ2) is 11.2. The number of nitrogens with one attached hydrogen (secondary N) is 4. The van der Waals surface area contributed by atoms with E-state index in [-0.39, 0.29) is 18.0 Å². The molecule has 0 aromatic heterocycles. The summed E-state index contributed by atoms with van der Waals surface area (Å²) in [6.07, 6.45) is -0.404. The molecule has 0 aliphatic rings. The van der Waals surface area contributed by atoms with Crippen LogP contribution in [0.1, 0.15) is 26.7 Å². The van der Waals surface area contributed by atoms with Crippen LogP contribution in [0.25, 0.3) is 0 Å². The van der Waals surface area contributed by atoms with Gasteiger partial charge in [0.15, 0.2) is 10.2 Å². The number of rotatable bonds is 8. The summed E-state index contributed by atoms with van der Waals surface area (Å²) in [7, 11) is 1.65. The van der Waals surface area contributed by atoms with Crippen molar-refractivity contribution in [2.24, 2.45) is 10.2 Å². The Balaban J connectivity index is 4.59. The highest BCUT2D eigenvalue weighted by molar-refractivity contribution is 7.80. The molecule has 6 N–H and O–H groups in total. The van der Waals surface area contributed by atoms with Crippen LogP contribution in [-0.4, -0.2) is 56.9 Å². The van der Waals surface area contributed by atoms with Crippen LogP contribution in [-0.2, 0) is 9.59 Å². The van der Waals surface area contributed by atoms with Crippen LogP contribution < -0.4 is 21.5 Å². The lowest BCUT2D eigenvalue weighted by molar-refractivity contribution is -0.140. The zero-order chi connectivity index (χ0) is 18.7. The smallest absolute Gasteiger partial charge is 0.326 e. The van der Waals surface area contributed by atoms with E-state index < -0.39 is 18.0 Å². The zero-order valence-electron chi connectivity index (χ0n) is 13.4. The van der Waals surface area contributed by atoms with E-state index in [2.05, 4.69) is 31.7 Å². The quantitative estimate of drug-likeness (QED) is 0.188. The largest absolute Gasteiger partial charge is 0.481 e. The van der Waals surface area contributed by atoms with Crippen molar-refractivity contribution in [3.63, 3.8) is 0 Å². The Kier molecular flexibility index (Phi) is 10.1. The molecule has 0 fully saturated rings. The number of hydrogen-bond donors (Lipinski definition) is 6. The van der Waals surface area contributed by atoms with Gasteiger partial charge in [-0.05, 0) is 44.7 Å². The number of carbonyl (C=O) groups is 2. The van der Waals surface area contributed by atoms with E-state index in [1.54, 1.807) is 20.9 Å². The molecule has 0 saturated carbocycles. The molecular weight excluding hydrogens is 356 g/mol. The van der Waals surface area contributed by atoms with Crippen LogP contribution in [0.5, 0.6) is 0 Å². The van der Waals surface area contributed by atoms with Gasteiger partial charge in [-0.15, -0.1) is 0 Å². The van der Waals surface area contributed by atoms with Crippen LogP contribution in [0.2, 0.25) is 0 Å². The zero-order valence-corrected chi connectivity index (χ0v) is 15.0. The molecule has 0 heterocycles. The summed E-state index contributed by atoms with van der Waals surface area (Å²) in [5.74, 6) is -2.29. The van der Waals surface area contributed by atoms with Crippen LogP contribution in [0, 0.1) is 0 Å². The summed E-state index contributed by atoms with van der Waals surface area (Å²) in [5.41, 5.74) is 6.09. The van der Waals surface area contributed by atoms with E-state index in [1.165, 1.54) is 0 Å². The topological polar surface area (TPSA) is 147 Å². The molecule has 1 atom stereocenters. The van der Waals surface area contributed by atoms with E-state index >= 15 is 0 Å². The number of hydrogen-bond acceptors (Lipinski definition) is 6. The monoisotopic (exact) mass is 376 g/mol. The second-order valence-electron chi connectivity index (χ2n) is 4.49. The van der Waals surface area contributed by atoms with Gasteiger partial charge < -0.3 is 20.8 Å². The summed E-state index contributed by atoms with van der Waals surface area (Å²) >= 11 is 9.80. The lowest BCUT2D eigenvalue weighted by Crippen LogP contribution is -2.45. The molecule has 10 nitrogen and oxygen atoms in total. The summed E-state index contributed by atoms with van der Waals surface area (Å²) in [5, 5.41) is 31.0. The number of nitrogens with zero attached hydrogens (tertiary/aromatic N) is 2. The third kappa shape index (κ3) is 9.63. The Labute approximate surface area is 149 Å². The second-order valence-corrected chi connectivity index (χ2v) is 5.31. The van der Waals surface area contributed by atoms with E-state index in [9.17, 15) is 9.59 Å². The molecular formula is C12H20N6O4S2. The lowest BCUT2D eigenvalue weighted by atomic mass is 10.1. The van der Waals surface area contributed by atoms with Gasteiger partial charge in [-0.3, -0.25) is 15.6 Å². The van der Waals surface area contributed by atoms with Gasteiger partial charge in [0.1, 0.15) is 6.04 Å². The summed E-state index contributed by atoms with van der Waals surface area (Å²) in [6, 6.07) is -1.12. The lowest BCUT2D eigenvalue weighted by Gasteiger charge is -2.15. The SMILES string of the molecule is CNC(=S)N/N=C(C)\C(C)=N/NC(=S)NC(CCC(=O)O)C(=O)O. The first kappa shape index (κ1) is 21.7. The van der Waals surface area contributed by atoms with Crippen molar-refractivity contribution in [1.82, 2.24) is 21.5 Å². The number of thiocarbonyl (C=S) groups is 2. The van der Waals surface area contributed by atoms with Crippen molar-refractivity contribution >= 4 is 58.0 Å². The van der Waals surface area contributed by atoms with E-state index in [0.717, 1.165) is 0 Å². The fourth-order valence-electron chi connectivity index (χ4n) is 1.20. The molecule has 1 unspecified atom stereocenters. The molecule has 12 heteroatoms. The molecule has 0 aromatic carbocycles. The Morgan fingerprint density at radius 1 is 1.04 bits per heavy atom. The predicted molar refractivity (Wildman–Crippen MR) is 98.2 cm³/mol. The molecule has 134 valence electrons. The van der Waals surface area contributed by atoms with Gasteiger partial charge in [-0.25, -0.2) is 4.79 Å². The number of hydrazone groups is 2. The fourth-order valence-corrected chi connectivity index (χ4v) is 1.44. The summed E-state index contributed by atoms with van der Waals surface area (Å²) in [4.78, 5) is 21.6. The molecule has 0 aliphatic heterocycles. The third-order valence-corrected chi connectivity index (χ3v) is 3.16. The van der Waals surface area contributed by atoms with E-state index in [4.69, 9.17) is 34.6 Å². The molecule has 0 aromatic rings. The molecule has 0 rings (SSSR count). The third-order valence-electron chi connectivity index (χ3n) is 2.65. The fraction of sp³-hybridized carbons (Fsp3) is 0.500. The van der Waals surface area contributed by atoms with Crippen LogP contribution >= 0.6 is 24.4 Å². The Morgan fingerprint density at radius 2 is 1.54 bits per heavy atom. The maximum absolute atomic E-state index is 11.0. The maximum Gasteiger partial charge on any atom is 0.326 e. The minimum atomic E-state index is -1.20. The average Bonchev–Trinajstić information content (AvgIpc) is 2.52. The summed E-state index contributed by atoms with van der Waals surface area (Å²) < 4.78 is 0. The number of carboxylic acids is 2. The Hall–Kier alpha value is -2.34. The molecule has 0 saturated heterocycles. The van der Waals surface area contributed by atoms with Crippen molar-refractivity contribution in [1.29, 1.82) is 0 Å². The van der Waals surface area contributed by atoms with Crippen molar-refractivity contribution in [2.75, 3.05) is 7.05 Å². The molecule has 0 bridgehead atoms. The minimum Gasteiger partial charge on any atom is -0.481 e. The standard InChI is InChI=1S/C12H20N6O4S2/c1-6(15-17-11(23)13-3)7(2)16-18-12(24)14-8(10(21)22)4-5-9(19)20/h8H,4-5H2,1-3H3,(H,19,20)(H,21,22)(H2,13,17,23)(H2,14,18,24)/b15-6-,16-7-. The van der Waals surface area contributed by atoms with Crippen LogP contribution in [0.4, 0.5) is 0 Å². The van der Waals surface area contributed by atoms with Crippen LogP contribution in [0.3, 0.4) is 0 Å². The molecule has 0 spiro atoms. The van der Waals surface area contributed by atoms with E-state index in [0.29, 0.717) is 16.5 Å². The number of carboxylic acid groups (broad SMARTS) is 2. The highest BCUT2D eigenvalue weighted by atomic mass is 32.1. The van der Waals surface area contributed by atoms with Gasteiger partial charge in [0.05, 0.1) is 11.4 Å². The van der Waals surface area contributed by atoms with E-state index in [1.807, 2.05) is 0 Å². The molecule has 0 radical (unpaired) electrons. The van der Waals surface area contributed by atoms with Gasteiger partial charge in [0.25, 0.3) is 0 Å². The van der Waals surface area contributed by atoms with Gasteiger partial charge in [0, 0.05) is 13.5 Å². The van der Waals surface area contributed by atoms with Gasteiger partial charge in [-0.1, -0.05) is 0 Å². The van der Waals surface area contributed by atoms with Crippen molar-refractivity contribution in [3.05, 3.63) is 0 Å². The first-order chi connectivity index (χ1) is 11.2. The van der Waals surface area contributed by atoms with Crippen molar-refractivity contribution < 1.29 is 19.8 Å². The highest BCUT2D eigenvalue weighted by Gasteiger charge is 2.19.